The summed E-state index contributed by atoms with van der Waals surface area (Å²) in [5.41, 5.74) is 0. The number of ether oxygens (including phenoxy) is 1. The molecular formula is C18H24Cl2N2O5S. The minimum atomic E-state index is -3.97. The van der Waals surface area contributed by atoms with Gasteiger partial charge in [0.15, 0.2) is 6.10 Å². The number of halogens is 2. The van der Waals surface area contributed by atoms with E-state index in [0.717, 1.165) is 25.7 Å². The van der Waals surface area contributed by atoms with Crippen LogP contribution in [0, 0.1) is 0 Å². The third-order valence-electron chi connectivity index (χ3n) is 4.65. The lowest BCUT2D eigenvalue weighted by molar-refractivity contribution is -0.160. The fraction of sp³-hybridized carbons (Fsp3) is 0.556. The topological polar surface area (TPSA) is 92.8 Å². The van der Waals surface area contributed by atoms with Crippen LogP contribution in [-0.4, -0.2) is 50.4 Å². The van der Waals surface area contributed by atoms with E-state index >= 15 is 0 Å². The number of nitrogens with one attached hydrogen (secondary N) is 1. The summed E-state index contributed by atoms with van der Waals surface area (Å²) in [7, 11) is -3.97. The minimum Gasteiger partial charge on any atom is -0.452 e. The molecule has 1 fully saturated rings. The van der Waals surface area contributed by atoms with E-state index in [1.165, 1.54) is 25.1 Å². The molecule has 2 rings (SSSR count). The molecule has 1 heterocycles. The molecule has 1 aliphatic heterocycles. The first kappa shape index (κ1) is 22.9. The number of likely N-dealkylation sites (tertiary alicyclic amines) is 1. The predicted octanol–water partition coefficient (Wildman–Crippen LogP) is 2.99. The molecule has 1 amide bonds. The first-order chi connectivity index (χ1) is 13.2. The molecule has 2 atom stereocenters. The molecule has 2 unspecified atom stereocenters. The van der Waals surface area contributed by atoms with Gasteiger partial charge in [-0.3, -0.25) is 9.59 Å². The van der Waals surface area contributed by atoms with Crippen LogP contribution in [0.15, 0.2) is 23.1 Å². The zero-order valence-corrected chi connectivity index (χ0v) is 18.1. The van der Waals surface area contributed by atoms with Crippen LogP contribution in [-0.2, 0) is 24.3 Å². The number of amides is 1. The zero-order chi connectivity index (χ0) is 20.9. The van der Waals surface area contributed by atoms with E-state index in [4.69, 9.17) is 27.9 Å². The molecule has 7 nitrogen and oxygen atoms in total. The van der Waals surface area contributed by atoms with E-state index in [2.05, 4.69) is 4.72 Å². The SMILES string of the molecule is CCC1CCCCN1C(=O)C(C)OC(=O)CNS(=O)(=O)c1ccc(Cl)c(Cl)c1. The molecule has 1 aromatic rings. The van der Waals surface area contributed by atoms with Gasteiger partial charge in [0.05, 0.1) is 14.9 Å². The molecule has 1 N–H and O–H groups in total. The largest absolute Gasteiger partial charge is 0.452 e. The van der Waals surface area contributed by atoms with E-state index in [1.54, 1.807) is 4.90 Å². The predicted molar refractivity (Wildman–Crippen MR) is 107 cm³/mol. The average Bonchev–Trinajstić information content (AvgIpc) is 2.67. The highest BCUT2D eigenvalue weighted by Crippen LogP contribution is 2.24. The summed E-state index contributed by atoms with van der Waals surface area (Å²) in [5, 5.41) is 0.300. The van der Waals surface area contributed by atoms with Crippen LogP contribution in [0.3, 0.4) is 0 Å². The Morgan fingerprint density at radius 3 is 2.64 bits per heavy atom. The van der Waals surface area contributed by atoms with Gasteiger partial charge in [0.25, 0.3) is 5.91 Å². The van der Waals surface area contributed by atoms with Gasteiger partial charge in [0, 0.05) is 12.6 Å². The summed E-state index contributed by atoms with van der Waals surface area (Å²) in [6.45, 7) is 3.56. The van der Waals surface area contributed by atoms with Crippen LogP contribution >= 0.6 is 23.2 Å². The first-order valence-corrected chi connectivity index (χ1v) is 11.3. The van der Waals surface area contributed by atoms with E-state index in [-0.39, 0.29) is 26.9 Å². The van der Waals surface area contributed by atoms with Crippen molar-refractivity contribution in [3.05, 3.63) is 28.2 Å². The highest BCUT2D eigenvalue weighted by molar-refractivity contribution is 7.89. The lowest BCUT2D eigenvalue weighted by atomic mass is 9.99. The van der Waals surface area contributed by atoms with Gasteiger partial charge in [0.1, 0.15) is 6.54 Å². The second-order valence-electron chi connectivity index (χ2n) is 6.62. The number of esters is 1. The summed E-state index contributed by atoms with van der Waals surface area (Å²) in [4.78, 5) is 26.2. The number of rotatable bonds is 7. The van der Waals surface area contributed by atoms with Crippen molar-refractivity contribution in [2.24, 2.45) is 0 Å². The third-order valence-corrected chi connectivity index (χ3v) is 6.78. The molecule has 1 aliphatic rings. The molecule has 0 aromatic heterocycles. The van der Waals surface area contributed by atoms with Gasteiger partial charge in [-0.05, 0) is 50.8 Å². The van der Waals surface area contributed by atoms with Gasteiger partial charge in [0.2, 0.25) is 10.0 Å². The Bertz CT molecular complexity index is 831. The average molecular weight is 451 g/mol. The van der Waals surface area contributed by atoms with Crippen molar-refractivity contribution in [3.8, 4) is 0 Å². The molecule has 0 spiro atoms. The van der Waals surface area contributed by atoms with Gasteiger partial charge in [-0.15, -0.1) is 0 Å². The Kier molecular flexibility index (Phi) is 8.12. The fourth-order valence-corrected chi connectivity index (χ4v) is 4.48. The quantitative estimate of drug-likeness (QED) is 0.644. The van der Waals surface area contributed by atoms with Crippen molar-refractivity contribution in [3.63, 3.8) is 0 Å². The Balaban J connectivity index is 1.92. The van der Waals surface area contributed by atoms with Gasteiger partial charge in [-0.2, -0.15) is 4.72 Å². The molecule has 0 bridgehead atoms. The molecule has 156 valence electrons. The van der Waals surface area contributed by atoms with E-state index in [1.807, 2.05) is 6.92 Å². The second-order valence-corrected chi connectivity index (χ2v) is 9.20. The van der Waals surface area contributed by atoms with Crippen molar-refractivity contribution in [1.82, 2.24) is 9.62 Å². The molecule has 0 saturated carbocycles. The highest BCUT2D eigenvalue weighted by Gasteiger charge is 2.30. The second kappa shape index (κ2) is 9.91. The lowest BCUT2D eigenvalue weighted by Gasteiger charge is -2.36. The van der Waals surface area contributed by atoms with Crippen LogP contribution in [0.5, 0.6) is 0 Å². The first-order valence-electron chi connectivity index (χ1n) is 9.10. The van der Waals surface area contributed by atoms with E-state index in [0.29, 0.717) is 6.54 Å². The van der Waals surface area contributed by atoms with Crippen LogP contribution in [0.25, 0.3) is 0 Å². The van der Waals surface area contributed by atoms with Gasteiger partial charge >= 0.3 is 5.97 Å². The van der Waals surface area contributed by atoms with Crippen molar-refractivity contribution < 1.29 is 22.7 Å². The van der Waals surface area contributed by atoms with Crippen LogP contribution in [0.4, 0.5) is 0 Å². The molecule has 0 aliphatic carbocycles. The third kappa shape index (κ3) is 5.83. The Labute approximate surface area is 175 Å². The lowest BCUT2D eigenvalue weighted by Crippen LogP contribution is -2.48. The Morgan fingerprint density at radius 1 is 1.29 bits per heavy atom. The summed E-state index contributed by atoms with van der Waals surface area (Å²) in [6.07, 6.45) is 2.80. The number of piperidine rings is 1. The van der Waals surface area contributed by atoms with Gasteiger partial charge < -0.3 is 9.64 Å². The summed E-state index contributed by atoms with van der Waals surface area (Å²) in [6, 6.07) is 3.95. The van der Waals surface area contributed by atoms with Gasteiger partial charge in [-0.1, -0.05) is 30.1 Å². The maximum absolute atomic E-state index is 12.6. The Morgan fingerprint density at radius 2 is 2.00 bits per heavy atom. The van der Waals surface area contributed by atoms with Crippen LogP contribution < -0.4 is 4.72 Å². The maximum Gasteiger partial charge on any atom is 0.321 e. The summed E-state index contributed by atoms with van der Waals surface area (Å²) >= 11 is 11.6. The van der Waals surface area contributed by atoms with Crippen molar-refractivity contribution >= 4 is 45.1 Å². The van der Waals surface area contributed by atoms with E-state index < -0.39 is 28.6 Å². The molecule has 1 aromatic carbocycles. The fourth-order valence-electron chi connectivity index (χ4n) is 3.12. The molecule has 0 radical (unpaired) electrons. The smallest absolute Gasteiger partial charge is 0.321 e. The molecule has 10 heteroatoms. The summed E-state index contributed by atoms with van der Waals surface area (Å²) < 4.78 is 31.8. The number of nitrogens with zero attached hydrogens (tertiary/aromatic N) is 1. The normalized spacial score (nSPS) is 18.6. The van der Waals surface area contributed by atoms with Crippen LogP contribution in [0.2, 0.25) is 10.0 Å². The number of benzene rings is 1. The van der Waals surface area contributed by atoms with Gasteiger partial charge in [-0.25, -0.2) is 8.42 Å². The zero-order valence-electron chi connectivity index (χ0n) is 15.8. The highest BCUT2D eigenvalue weighted by atomic mass is 35.5. The maximum atomic E-state index is 12.6. The monoisotopic (exact) mass is 450 g/mol. The molecule has 28 heavy (non-hydrogen) atoms. The number of hydrogen-bond donors (Lipinski definition) is 1. The van der Waals surface area contributed by atoms with Crippen LogP contribution in [0.1, 0.15) is 39.5 Å². The molecular weight excluding hydrogens is 427 g/mol. The number of carbonyl (C=O) groups excluding carboxylic acids is 2. The number of carbonyl (C=O) groups is 2. The van der Waals surface area contributed by atoms with Crippen molar-refractivity contribution in [2.75, 3.05) is 13.1 Å². The Hall–Kier alpha value is -1.35. The number of hydrogen-bond acceptors (Lipinski definition) is 5. The minimum absolute atomic E-state index is 0.0818. The van der Waals surface area contributed by atoms with Crippen molar-refractivity contribution in [1.29, 1.82) is 0 Å². The van der Waals surface area contributed by atoms with E-state index in [9.17, 15) is 18.0 Å². The molecule has 1 saturated heterocycles. The number of sulfonamides is 1. The standard InChI is InChI=1S/C18H24Cl2N2O5S/c1-3-13-6-4-5-9-22(13)18(24)12(2)27-17(23)11-21-28(25,26)14-7-8-15(19)16(20)10-14/h7-8,10,12-13,21H,3-6,9,11H2,1-2H3. The summed E-state index contributed by atoms with van der Waals surface area (Å²) in [5.74, 6) is -1.10. The van der Waals surface area contributed by atoms with Crippen molar-refractivity contribution in [2.45, 2.75) is 56.6 Å².